The summed E-state index contributed by atoms with van der Waals surface area (Å²) in [5.74, 6) is -0.141. The number of ether oxygens (including phenoxy) is 1. The lowest BCUT2D eigenvalue weighted by molar-refractivity contribution is -0.148. The van der Waals surface area contributed by atoms with E-state index in [1.807, 2.05) is 6.92 Å². The molecule has 0 aromatic heterocycles. The first-order valence-corrected chi connectivity index (χ1v) is 6.55. The highest BCUT2D eigenvalue weighted by Gasteiger charge is 2.31. The number of hydrogen-bond acceptors (Lipinski definition) is 4. The first-order valence-electron chi connectivity index (χ1n) is 6.55. The number of nitrogens with zero attached hydrogens (tertiary/aromatic N) is 1. The van der Waals surface area contributed by atoms with Crippen molar-refractivity contribution in [3.05, 3.63) is 0 Å². The van der Waals surface area contributed by atoms with Crippen LogP contribution in [0.25, 0.3) is 0 Å². The molecule has 2 amide bonds. The van der Waals surface area contributed by atoms with Crippen LogP contribution in [0.3, 0.4) is 0 Å². The third-order valence-corrected chi connectivity index (χ3v) is 2.90. The SMILES string of the molecule is CCCNC(=O)C1COCCN1C(=O)CCCN. The van der Waals surface area contributed by atoms with Crippen molar-refractivity contribution in [1.29, 1.82) is 0 Å². The van der Waals surface area contributed by atoms with Crippen molar-refractivity contribution in [2.75, 3.05) is 32.8 Å². The highest BCUT2D eigenvalue weighted by atomic mass is 16.5. The van der Waals surface area contributed by atoms with Crippen molar-refractivity contribution in [2.45, 2.75) is 32.2 Å². The molecule has 1 fully saturated rings. The van der Waals surface area contributed by atoms with Crippen LogP contribution >= 0.6 is 0 Å². The van der Waals surface area contributed by atoms with Gasteiger partial charge in [-0.2, -0.15) is 0 Å². The fourth-order valence-electron chi connectivity index (χ4n) is 1.88. The average Bonchev–Trinajstić information content (AvgIpc) is 2.42. The Morgan fingerprint density at radius 2 is 2.28 bits per heavy atom. The fraction of sp³-hybridized carbons (Fsp3) is 0.833. The molecule has 1 unspecified atom stereocenters. The average molecular weight is 257 g/mol. The van der Waals surface area contributed by atoms with Gasteiger partial charge in [0.05, 0.1) is 13.2 Å². The molecule has 1 saturated heterocycles. The number of amides is 2. The van der Waals surface area contributed by atoms with Crippen LogP contribution in [0.4, 0.5) is 0 Å². The number of morpholine rings is 1. The first-order chi connectivity index (χ1) is 8.70. The zero-order valence-corrected chi connectivity index (χ0v) is 11.0. The molecule has 0 aliphatic carbocycles. The van der Waals surface area contributed by atoms with Crippen molar-refractivity contribution >= 4 is 11.8 Å². The van der Waals surface area contributed by atoms with E-state index in [0.29, 0.717) is 39.1 Å². The van der Waals surface area contributed by atoms with Gasteiger partial charge in [-0.05, 0) is 19.4 Å². The second-order valence-corrected chi connectivity index (χ2v) is 4.36. The molecule has 0 aromatic rings. The molecule has 1 atom stereocenters. The van der Waals surface area contributed by atoms with Crippen LogP contribution in [0, 0.1) is 0 Å². The minimum Gasteiger partial charge on any atom is -0.377 e. The summed E-state index contributed by atoms with van der Waals surface area (Å²) in [6, 6.07) is -0.490. The third-order valence-electron chi connectivity index (χ3n) is 2.90. The van der Waals surface area contributed by atoms with E-state index in [1.54, 1.807) is 4.90 Å². The molecule has 1 rings (SSSR count). The lowest BCUT2D eigenvalue weighted by Crippen LogP contribution is -2.56. The monoisotopic (exact) mass is 257 g/mol. The highest BCUT2D eigenvalue weighted by Crippen LogP contribution is 2.10. The van der Waals surface area contributed by atoms with E-state index >= 15 is 0 Å². The summed E-state index contributed by atoms with van der Waals surface area (Å²) in [5.41, 5.74) is 5.39. The van der Waals surface area contributed by atoms with Gasteiger partial charge in [-0.3, -0.25) is 9.59 Å². The second kappa shape index (κ2) is 8.05. The minimum atomic E-state index is -0.490. The zero-order valence-electron chi connectivity index (χ0n) is 11.0. The summed E-state index contributed by atoms with van der Waals surface area (Å²) in [4.78, 5) is 25.5. The number of carbonyl (C=O) groups is 2. The van der Waals surface area contributed by atoms with E-state index in [0.717, 1.165) is 6.42 Å². The van der Waals surface area contributed by atoms with Crippen LogP contribution < -0.4 is 11.1 Å². The molecule has 18 heavy (non-hydrogen) atoms. The molecule has 6 nitrogen and oxygen atoms in total. The van der Waals surface area contributed by atoms with Gasteiger partial charge in [0, 0.05) is 19.5 Å². The van der Waals surface area contributed by atoms with Crippen molar-refractivity contribution < 1.29 is 14.3 Å². The molecular weight excluding hydrogens is 234 g/mol. The Kier molecular flexibility index (Phi) is 6.67. The smallest absolute Gasteiger partial charge is 0.245 e. The van der Waals surface area contributed by atoms with Crippen LogP contribution in [-0.4, -0.2) is 55.6 Å². The third kappa shape index (κ3) is 4.27. The van der Waals surface area contributed by atoms with Crippen molar-refractivity contribution in [3.63, 3.8) is 0 Å². The topological polar surface area (TPSA) is 84.7 Å². The second-order valence-electron chi connectivity index (χ2n) is 4.36. The lowest BCUT2D eigenvalue weighted by atomic mass is 10.1. The van der Waals surface area contributed by atoms with Gasteiger partial charge < -0.3 is 20.7 Å². The predicted octanol–water partition coefficient (Wildman–Crippen LogP) is -0.521. The first kappa shape index (κ1) is 14.9. The number of rotatable bonds is 6. The Morgan fingerprint density at radius 1 is 1.50 bits per heavy atom. The van der Waals surface area contributed by atoms with E-state index in [2.05, 4.69) is 5.32 Å². The Hall–Kier alpha value is -1.14. The Morgan fingerprint density at radius 3 is 2.94 bits per heavy atom. The zero-order chi connectivity index (χ0) is 13.4. The minimum absolute atomic E-state index is 0.0135. The predicted molar refractivity (Wildman–Crippen MR) is 67.9 cm³/mol. The van der Waals surface area contributed by atoms with Gasteiger partial charge in [-0.1, -0.05) is 6.92 Å². The van der Waals surface area contributed by atoms with E-state index in [1.165, 1.54) is 0 Å². The van der Waals surface area contributed by atoms with Crippen LogP contribution in [0.5, 0.6) is 0 Å². The van der Waals surface area contributed by atoms with Crippen molar-refractivity contribution in [1.82, 2.24) is 10.2 Å². The quantitative estimate of drug-likeness (QED) is 0.670. The maximum absolute atomic E-state index is 12.0. The van der Waals surface area contributed by atoms with Gasteiger partial charge in [0.2, 0.25) is 11.8 Å². The van der Waals surface area contributed by atoms with Crippen molar-refractivity contribution in [2.24, 2.45) is 5.73 Å². The van der Waals surface area contributed by atoms with Crippen LogP contribution in [0.15, 0.2) is 0 Å². The molecule has 1 heterocycles. The molecular formula is C12H23N3O3. The number of hydrogen-bond donors (Lipinski definition) is 2. The summed E-state index contributed by atoms with van der Waals surface area (Å²) in [6.45, 7) is 4.36. The maximum Gasteiger partial charge on any atom is 0.245 e. The van der Waals surface area contributed by atoms with E-state index in [-0.39, 0.29) is 18.4 Å². The van der Waals surface area contributed by atoms with Crippen molar-refractivity contribution in [3.8, 4) is 0 Å². The summed E-state index contributed by atoms with van der Waals surface area (Å²) in [5, 5.41) is 2.81. The van der Waals surface area contributed by atoms with Gasteiger partial charge in [0.25, 0.3) is 0 Å². The van der Waals surface area contributed by atoms with Crippen LogP contribution in [-0.2, 0) is 14.3 Å². The van der Waals surface area contributed by atoms with Gasteiger partial charge in [0.15, 0.2) is 0 Å². The summed E-state index contributed by atoms with van der Waals surface area (Å²) in [6.07, 6.45) is 1.92. The maximum atomic E-state index is 12.0. The molecule has 104 valence electrons. The molecule has 0 bridgehead atoms. The molecule has 3 N–H and O–H groups in total. The normalized spacial score (nSPS) is 19.7. The number of nitrogens with one attached hydrogen (secondary N) is 1. The summed E-state index contributed by atoms with van der Waals surface area (Å²) >= 11 is 0. The molecule has 6 heteroatoms. The summed E-state index contributed by atoms with van der Waals surface area (Å²) < 4.78 is 5.29. The van der Waals surface area contributed by atoms with Gasteiger partial charge in [-0.15, -0.1) is 0 Å². The molecule has 0 saturated carbocycles. The van der Waals surface area contributed by atoms with Gasteiger partial charge in [-0.25, -0.2) is 0 Å². The van der Waals surface area contributed by atoms with E-state index < -0.39 is 6.04 Å². The molecule has 1 aliphatic rings. The van der Waals surface area contributed by atoms with E-state index in [9.17, 15) is 9.59 Å². The molecule has 0 aromatic carbocycles. The standard InChI is InChI=1S/C12H23N3O3/c1-2-6-14-12(17)10-9-18-8-7-15(10)11(16)4-3-5-13/h10H,2-9,13H2,1H3,(H,14,17). The molecule has 0 spiro atoms. The van der Waals surface area contributed by atoms with Crippen LogP contribution in [0.2, 0.25) is 0 Å². The largest absolute Gasteiger partial charge is 0.377 e. The van der Waals surface area contributed by atoms with Crippen LogP contribution in [0.1, 0.15) is 26.2 Å². The molecule has 0 radical (unpaired) electrons. The Labute approximate surface area is 108 Å². The lowest BCUT2D eigenvalue weighted by Gasteiger charge is -2.34. The van der Waals surface area contributed by atoms with E-state index in [4.69, 9.17) is 10.5 Å². The Bertz CT molecular complexity index is 256. The Balaban J connectivity index is 2.55. The van der Waals surface area contributed by atoms with Gasteiger partial charge >= 0.3 is 0 Å². The number of carbonyl (C=O) groups excluding carboxylic acids is 2. The van der Waals surface area contributed by atoms with Gasteiger partial charge in [0.1, 0.15) is 6.04 Å². The molecule has 1 aliphatic heterocycles. The highest BCUT2D eigenvalue weighted by molar-refractivity contribution is 5.88. The number of nitrogens with two attached hydrogens (primary N) is 1. The fourth-order valence-corrected chi connectivity index (χ4v) is 1.88. The summed E-state index contributed by atoms with van der Waals surface area (Å²) in [7, 11) is 0.